The predicted octanol–water partition coefficient (Wildman–Crippen LogP) is 1.16. The second kappa shape index (κ2) is 3.81. The molecule has 0 saturated heterocycles. The van der Waals surface area contributed by atoms with Crippen LogP contribution in [-0.2, 0) is 0 Å². The van der Waals surface area contributed by atoms with Crippen LogP contribution in [0.2, 0.25) is 0 Å². The lowest BCUT2D eigenvalue weighted by atomic mass is 10.1. The Hall–Kier alpha value is -2.10. The zero-order valence-corrected chi connectivity index (χ0v) is 8.73. The highest BCUT2D eigenvalue weighted by Gasteiger charge is 2.13. The van der Waals surface area contributed by atoms with Crippen molar-refractivity contribution in [2.24, 2.45) is 0 Å². The number of rotatable bonds is 3. The van der Waals surface area contributed by atoms with Gasteiger partial charge in [0, 0.05) is 12.1 Å². The Balaban J connectivity index is 2.16. The highest BCUT2D eigenvalue weighted by atomic mass is 16.3. The topological polar surface area (TPSA) is 66.4 Å². The smallest absolute Gasteiger partial charge is 0.248 e. The van der Waals surface area contributed by atoms with Crippen LogP contribution in [0.15, 0.2) is 39.9 Å². The molecule has 0 spiro atoms. The van der Waals surface area contributed by atoms with Gasteiger partial charge in [-0.1, -0.05) is 12.1 Å². The number of benzene rings is 1. The molecule has 0 saturated carbocycles. The SMILES string of the molecule is C[C@@H](Nc1cc(=O)c1=O)c1cccc(O)c1. The monoisotopic (exact) mass is 217 g/mol. The number of aromatic hydroxyl groups is 1. The van der Waals surface area contributed by atoms with E-state index in [2.05, 4.69) is 5.32 Å². The van der Waals surface area contributed by atoms with Crippen LogP contribution in [-0.4, -0.2) is 5.11 Å². The first-order valence-corrected chi connectivity index (χ1v) is 4.94. The van der Waals surface area contributed by atoms with Gasteiger partial charge in [0.05, 0.1) is 5.69 Å². The van der Waals surface area contributed by atoms with Gasteiger partial charge < -0.3 is 10.4 Å². The third-order valence-corrected chi connectivity index (χ3v) is 2.49. The van der Waals surface area contributed by atoms with Crippen LogP contribution in [0.1, 0.15) is 18.5 Å². The van der Waals surface area contributed by atoms with Gasteiger partial charge in [0.25, 0.3) is 0 Å². The van der Waals surface area contributed by atoms with Crippen molar-refractivity contribution in [3.8, 4) is 5.75 Å². The first-order valence-electron chi connectivity index (χ1n) is 4.94. The average Bonchev–Trinajstić information content (AvgIpc) is 2.28. The maximum Gasteiger partial charge on any atom is 0.248 e. The van der Waals surface area contributed by atoms with Gasteiger partial charge in [-0.05, 0) is 24.6 Å². The van der Waals surface area contributed by atoms with Crippen molar-refractivity contribution in [3.05, 3.63) is 56.3 Å². The zero-order chi connectivity index (χ0) is 11.7. The van der Waals surface area contributed by atoms with Gasteiger partial charge in [-0.25, -0.2) is 0 Å². The largest absolute Gasteiger partial charge is 0.508 e. The maximum atomic E-state index is 11.1. The number of hydrogen-bond donors (Lipinski definition) is 2. The molecule has 0 unspecified atom stereocenters. The molecule has 4 heteroatoms. The lowest BCUT2D eigenvalue weighted by molar-refractivity contribution is 0.474. The van der Waals surface area contributed by atoms with Crippen LogP contribution in [0.5, 0.6) is 5.75 Å². The highest BCUT2D eigenvalue weighted by molar-refractivity contribution is 5.49. The molecule has 4 nitrogen and oxygen atoms in total. The number of nitrogens with one attached hydrogen (secondary N) is 1. The van der Waals surface area contributed by atoms with Crippen LogP contribution in [0.4, 0.5) is 5.69 Å². The zero-order valence-electron chi connectivity index (χ0n) is 8.73. The third kappa shape index (κ3) is 1.82. The Kier molecular flexibility index (Phi) is 2.48. The average molecular weight is 217 g/mol. The Morgan fingerprint density at radius 3 is 2.56 bits per heavy atom. The van der Waals surface area contributed by atoms with Crippen molar-refractivity contribution >= 4 is 5.69 Å². The molecule has 2 aromatic carbocycles. The van der Waals surface area contributed by atoms with Crippen LogP contribution in [0, 0.1) is 0 Å². The quantitative estimate of drug-likeness (QED) is 0.757. The summed E-state index contributed by atoms with van der Waals surface area (Å²) in [5.41, 5.74) is 0.242. The van der Waals surface area contributed by atoms with E-state index in [1.807, 2.05) is 13.0 Å². The minimum atomic E-state index is -0.480. The van der Waals surface area contributed by atoms with Crippen LogP contribution in [0.3, 0.4) is 0 Å². The first kappa shape index (κ1) is 10.4. The van der Waals surface area contributed by atoms with Crippen molar-refractivity contribution in [2.45, 2.75) is 13.0 Å². The van der Waals surface area contributed by atoms with E-state index in [-0.39, 0.29) is 11.8 Å². The standard InChI is InChI=1S/C12H11NO3/c1-7(8-3-2-4-9(14)5-8)13-10-6-11(15)12(10)16/h2-7,13-14H,1H3/t7-/m1/s1. The van der Waals surface area contributed by atoms with E-state index in [0.29, 0.717) is 5.69 Å². The van der Waals surface area contributed by atoms with Gasteiger partial charge in [0.1, 0.15) is 5.75 Å². The van der Waals surface area contributed by atoms with Crippen LogP contribution >= 0.6 is 0 Å². The van der Waals surface area contributed by atoms with Crippen LogP contribution < -0.4 is 16.2 Å². The molecule has 0 aliphatic carbocycles. The molecule has 0 aromatic heterocycles. The predicted molar refractivity (Wildman–Crippen MR) is 61.5 cm³/mol. The van der Waals surface area contributed by atoms with Gasteiger partial charge >= 0.3 is 0 Å². The molecule has 0 amide bonds. The molecular formula is C12H11NO3. The highest BCUT2D eigenvalue weighted by Crippen LogP contribution is 2.20. The molecule has 16 heavy (non-hydrogen) atoms. The molecule has 2 aromatic rings. The second-order valence-corrected chi connectivity index (χ2v) is 3.71. The summed E-state index contributed by atoms with van der Waals surface area (Å²) >= 11 is 0. The summed E-state index contributed by atoms with van der Waals surface area (Å²) < 4.78 is 0. The molecule has 0 aliphatic heterocycles. The van der Waals surface area contributed by atoms with E-state index in [1.54, 1.807) is 18.2 Å². The number of phenolic OH excluding ortho intramolecular Hbond substituents is 1. The van der Waals surface area contributed by atoms with E-state index < -0.39 is 10.9 Å². The minimum Gasteiger partial charge on any atom is -0.508 e. The van der Waals surface area contributed by atoms with Gasteiger partial charge in [0.15, 0.2) is 0 Å². The van der Waals surface area contributed by atoms with E-state index in [0.717, 1.165) is 5.56 Å². The summed E-state index contributed by atoms with van der Waals surface area (Å²) in [6.07, 6.45) is 0. The van der Waals surface area contributed by atoms with E-state index in [9.17, 15) is 14.7 Å². The summed E-state index contributed by atoms with van der Waals surface area (Å²) in [4.78, 5) is 21.8. The Bertz CT molecular complexity index is 582. The number of anilines is 1. The Labute approximate surface area is 91.9 Å². The van der Waals surface area contributed by atoms with Crippen molar-refractivity contribution < 1.29 is 5.11 Å². The summed E-state index contributed by atoms with van der Waals surface area (Å²) in [6.45, 7) is 1.85. The maximum absolute atomic E-state index is 11.1. The second-order valence-electron chi connectivity index (χ2n) is 3.71. The molecule has 2 N–H and O–H groups in total. The van der Waals surface area contributed by atoms with Crippen molar-refractivity contribution in [2.75, 3.05) is 5.32 Å². The molecule has 1 atom stereocenters. The fourth-order valence-electron chi connectivity index (χ4n) is 1.54. The van der Waals surface area contributed by atoms with Gasteiger partial charge in [-0.2, -0.15) is 0 Å². The van der Waals surface area contributed by atoms with Crippen molar-refractivity contribution in [1.82, 2.24) is 0 Å². The summed E-state index contributed by atoms with van der Waals surface area (Å²) in [7, 11) is 0. The lowest BCUT2D eigenvalue weighted by Gasteiger charge is -2.15. The van der Waals surface area contributed by atoms with Crippen molar-refractivity contribution in [3.63, 3.8) is 0 Å². The fraction of sp³-hybridized carbons (Fsp3) is 0.167. The number of hydrogen-bond acceptors (Lipinski definition) is 4. The van der Waals surface area contributed by atoms with Gasteiger partial charge in [-0.3, -0.25) is 9.59 Å². The van der Waals surface area contributed by atoms with Crippen LogP contribution in [0.25, 0.3) is 0 Å². The molecule has 82 valence electrons. The van der Waals surface area contributed by atoms with Gasteiger partial charge in [-0.15, -0.1) is 0 Å². The molecule has 2 rings (SSSR count). The fourth-order valence-corrected chi connectivity index (χ4v) is 1.54. The van der Waals surface area contributed by atoms with E-state index in [1.165, 1.54) is 6.07 Å². The lowest BCUT2D eigenvalue weighted by Crippen LogP contribution is -2.33. The Morgan fingerprint density at radius 1 is 1.25 bits per heavy atom. The number of phenols is 1. The van der Waals surface area contributed by atoms with E-state index in [4.69, 9.17) is 0 Å². The van der Waals surface area contributed by atoms with Crippen molar-refractivity contribution in [1.29, 1.82) is 0 Å². The molecule has 0 radical (unpaired) electrons. The minimum absolute atomic E-state index is 0.129. The molecule has 0 aliphatic rings. The van der Waals surface area contributed by atoms with E-state index >= 15 is 0 Å². The first-order chi connectivity index (χ1) is 7.58. The molecule has 0 fully saturated rings. The summed E-state index contributed by atoms with van der Waals surface area (Å²) in [6, 6.07) is 7.90. The Morgan fingerprint density at radius 2 is 2.00 bits per heavy atom. The summed E-state index contributed by atoms with van der Waals surface area (Å²) in [5, 5.41) is 12.2. The summed E-state index contributed by atoms with van der Waals surface area (Å²) in [5.74, 6) is 0.177. The molecule has 0 heterocycles. The van der Waals surface area contributed by atoms with Gasteiger partial charge in [0.2, 0.25) is 10.9 Å². The molecular weight excluding hydrogens is 206 g/mol. The third-order valence-electron chi connectivity index (χ3n) is 2.49. The normalized spacial score (nSPS) is 12.6. The molecule has 0 bridgehead atoms.